The van der Waals surface area contributed by atoms with E-state index in [-0.39, 0.29) is 0 Å². The van der Waals surface area contributed by atoms with Gasteiger partial charge in [-0.1, -0.05) is 159 Å². The van der Waals surface area contributed by atoms with Crippen LogP contribution in [-0.4, -0.2) is 34.9 Å². The van der Waals surface area contributed by atoms with Crippen LogP contribution < -0.4 is 0 Å². The van der Waals surface area contributed by atoms with Crippen molar-refractivity contribution in [2.45, 2.75) is 34.6 Å². The van der Waals surface area contributed by atoms with Crippen LogP contribution in [0.25, 0.3) is 101 Å². The first-order valence-electron chi connectivity index (χ1n) is 22.0. The van der Waals surface area contributed by atoms with Crippen LogP contribution in [0.4, 0.5) is 0 Å². The molecule has 10 aromatic rings. The van der Waals surface area contributed by atoms with E-state index in [1.807, 2.05) is 58.9 Å². The molecule has 7 aromatic carbocycles. The summed E-state index contributed by atoms with van der Waals surface area (Å²) >= 11 is 0. The smallest absolute Gasteiger partial charge is 0.164 e. The second-order valence-corrected chi connectivity index (χ2v) is 15.6. The van der Waals surface area contributed by atoms with Crippen molar-refractivity contribution < 1.29 is 0 Å². The molecule has 7 nitrogen and oxygen atoms in total. The Bertz CT molecular complexity index is 3120. The summed E-state index contributed by atoms with van der Waals surface area (Å²) in [5.74, 6) is 3.15. The van der Waals surface area contributed by atoms with E-state index < -0.39 is 0 Å². The van der Waals surface area contributed by atoms with Gasteiger partial charge in [-0.25, -0.2) is 34.9 Å². The minimum atomic E-state index is 0.568. The molecule has 0 atom stereocenters. The molecule has 0 saturated heterocycles. The van der Waals surface area contributed by atoms with Crippen molar-refractivity contribution >= 4 is 0 Å². The molecule has 7 heteroatoms. The SMILES string of the molecule is CC.Cc1ccnc(-c2ccc(-c3cc(-c4ccc(-c5nc(C)cc(C)n5)cc4)cc(-c4nc(-c5cccc(-c6ccccc6)c5)nc(-c5cccc(-c6ccccc6)c5)n4)c3)cc2)n1. The Labute approximate surface area is 380 Å². The van der Waals surface area contributed by atoms with E-state index in [4.69, 9.17) is 24.9 Å². The molecule has 0 radical (unpaired) electrons. The molecule has 0 N–H and O–H groups in total. The lowest BCUT2D eigenvalue weighted by Gasteiger charge is -2.14. The predicted molar refractivity (Wildman–Crippen MR) is 265 cm³/mol. The van der Waals surface area contributed by atoms with E-state index in [1.165, 1.54) is 0 Å². The number of nitrogens with zero attached hydrogens (tertiary/aromatic N) is 7. The topological polar surface area (TPSA) is 90.2 Å². The minimum Gasteiger partial charge on any atom is -0.237 e. The van der Waals surface area contributed by atoms with E-state index in [0.717, 1.165) is 89.4 Å². The molecule has 0 aliphatic rings. The van der Waals surface area contributed by atoms with Gasteiger partial charge >= 0.3 is 0 Å². The fourth-order valence-electron chi connectivity index (χ4n) is 7.86. The molecule has 314 valence electrons. The quantitative estimate of drug-likeness (QED) is 0.143. The summed E-state index contributed by atoms with van der Waals surface area (Å²) in [6, 6.07) is 64.9. The lowest BCUT2D eigenvalue weighted by atomic mass is 9.94. The predicted octanol–water partition coefficient (Wildman–Crippen LogP) is 14.4. The number of rotatable bonds is 9. The standard InChI is InChI=1S/C56H41N7.C2H6/c1-36-28-29-57-52(58-36)43-24-20-41(21-25-43)49-33-50(42-22-26-44(27-23-42)53-59-37(2)30-38(3)60-53)35-51(34-49)56-62-54(47-18-10-16-45(31-47)39-12-6-4-7-13-39)61-55(63-56)48-19-11-17-46(32-48)40-14-8-5-9-15-40;1-2/h4-35H,1-3H3;1-2H3. The summed E-state index contributed by atoms with van der Waals surface area (Å²) in [7, 11) is 0. The van der Waals surface area contributed by atoms with Crippen LogP contribution in [0.2, 0.25) is 0 Å². The fourth-order valence-corrected chi connectivity index (χ4v) is 7.86. The Hall–Kier alpha value is -8.29. The highest BCUT2D eigenvalue weighted by atomic mass is 15.0. The maximum Gasteiger partial charge on any atom is 0.164 e. The zero-order valence-corrected chi connectivity index (χ0v) is 37.1. The summed E-state index contributed by atoms with van der Waals surface area (Å²) in [6.07, 6.45) is 1.80. The van der Waals surface area contributed by atoms with Gasteiger partial charge in [0.2, 0.25) is 0 Å². The van der Waals surface area contributed by atoms with Crippen molar-refractivity contribution in [3.05, 3.63) is 211 Å². The van der Waals surface area contributed by atoms with Crippen LogP contribution in [0.1, 0.15) is 30.9 Å². The summed E-state index contributed by atoms with van der Waals surface area (Å²) in [6.45, 7) is 9.97. The average molecular weight is 842 g/mol. The Balaban J connectivity index is 0.00000263. The zero-order valence-electron chi connectivity index (χ0n) is 37.1. The van der Waals surface area contributed by atoms with Gasteiger partial charge in [0, 0.05) is 51.1 Å². The van der Waals surface area contributed by atoms with Crippen LogP contribution in [0, 0.1) is 20.8 Å². The molecule has 0 saturated carbocycles. The highest BCUT2D eigenvalue weighted by molar-refractivity contribution is 5.82. The van der Waals surface area contributed by atoms with E-state index in [0.29, 0.717) is 29.1 Å². The van der Waals surface area contributed by atoms with Crippen molar-refractivity contribution in [2.75, 3.05) is 0 Å². The number of aryl methyl sites for hydroxylation is 3. The molecule has 65 heavy (non-hydrogen) atoms. The lowest BCUT2D eigenvalue weighted by molar-refractivity contribution is 1.06. The monoisotopic (exact) mass is 841 g/mol. The number of aromatic nitrogens is 7. The maximum absolute atomic E-state index is 5.26. The molecule has 0 aliphatic carbocycles. The third-order valence-electron chi connectivity index (χ3n) is 11.0. The van der Waals surface area contributed by atoms with Gasteiger partial charge in [-0.2, -0.15) is 0 Å². The van der Waals surface area contributed by atoms with E-state index in [1.54, 1.807) is 6.20 Å². The third kappa shape index (κ3) is 9.55. The van der Waals surface area contributed by atoms with Gasteiger partial charge in [0.05, 0.1) is 0 Å². The van der Waals surface area contributed by atoms with Crippen LogP contribution in [0.5, 0.6) is 0 Å². The number of benzene rings is 7. The third-order valence-corrected chi connectivity index (χ3v) is 11.0. The zero-order chi connectivity index (χ0) is 44.7. The molecule has 0 aliphatic heterocycles. The Morgan fingerprint density at radius 1 is 0.231 bits per heavy atom. The van der Waals surface area contributed by atoms with E-state index >= 15 is 0 Å². The molecule has 0 fully saturated rings. The first-order chi connectivity index (χ1) is 31.9. The van der Waals surface area contributed by atoms with Crippen LogP contribution in [-0.2, 0) is 0 Å². The Morgan fingerprint density at radius 3 is 1.05 bits per heavy atom. The molecule has 0 bridgehead atoms. The van der Waals surface area contributed by atoms with Gasteiger partial charge in [0.15, 0.2) is 29.1 Å². The maximum atomic E-state index is 5.26. The van der Waals surface area contributed by atoms with Crippen molar-refractivity contribution in [1.82, 2.24) is 34.9 Å². The highest BCUT2D eigenvalue weighted by Crippen LogP contribution is 2.36. The summed E-state index contributed by atoms with van der Waals surface area (Å²) in [4.78, 5) is 34.3. The van der Waals surface area contributed by atoms with Crippen LogP contribution in [0.3, 0.4) is 0 Å². The number of hydrogen-bond acceptors (Lipinski definition) is 7. The first kappa shape index (κ1) is 42.0. The molecule has 0 unspecified atom stereocenters. The first-order valence-corrected chi connectivity index (χ1v) is 22.0. The Kier molecular flexibility index (Phi) is 12.3. The molecule has 10 rings (SSSR count). The van der Waals surface area contributed by atoms with E-state index in [9.17, 15) is 0 Å². The molecule has 3 heterocycles. The lowest BCUT2D eigenvalue weighted by Crippen LogP contribution is -2.01. The minimum absolute atomic E-state index is 0.568. The van der Waals surface area contributed by atoms with E-state index in [2.05, 4.69) is 174 Å². The molecular formula is C58H47N7. The van der Waals surface area contributed by atoms with Gasteiger partial charge in [0.1, 0.15) is 0 Å². The second kappa shape index (κ2) is 19.0. The van der Waals surface area contributed by atoms with Gasteiger partial charge < -0.3 is 0 Å². The largest absolute Gasteiger partial charge is 0.237 e. The molecular weight excluding hydrogens is 795 g/mol. The van der Waals surface area contributed by atoms with Crippen molar-refractivity contribution in [1.29, 1.82) is 0 Å². The number of hydrogen-bond donors (Lipinski definition) is 0. The van der Waals surface area contributed by atoms with Gasteiger partial charge in [-0.3, -0.25) is 0 Å². The highest BCUT2D eigenvalue weighted by Gasteiger charge is 2.17. The fraction of sp³-hybridized carbons (Fsp3) is 0.0862. The molecule has 0 amide bonds. The average Bonchev–Trinajstić information content (AvgIpc) is 3.37. The second-order valence-electron chi connectivity index (χ2n) is 15.6. The van der Waals surface area contributed by atoms with Crippen LogP contribution in [0.15, 0.2) is 194 Å². The summed E-state index contributed by atoms with van der Waals surface area (Å²) in [5.41, 5.74) is 15.9. The van der Waals surface area contributed by atoms with Crippen molar-refractivity contribution in [3.8, 4) is 101 Å². The van der Waals surface area contributed by atoms with Crippen LogP contribution >= 0.6 is 0 Å². The van der Waals surface area contributed by atoms with Gasteiger partial charge in [0.25, 0.3) is 0 Å². The van der Waals surface area contributed by atoms with Gasteiger partial charge in [-0.05, 0) is 108 Å². The van der Waals surface area contributed by atoms with Gasteiger partial charge in [-0.15, -0.1) is 0 Å². The summed E-state index contributed by atoms with van der Waals surface area (Å²) in [5, 5.41) is 0. The molecule has 0 spiro atoms. The van der Waals surface area contributed by atoms with Crippen molar-refractivity contribution in [2.24, 2.45) is 0 Å². The summed E-state index contributed by atoms with van der Waals surface area (Å²) < 4.78 is 0. The van der Waals surface area contributed by atoms with Crippen molar-refractivity contribution in [3.63, 3.8) is 0 Å². The molecule has 3 aromatic heterocycles. The Morgan fingerprint density at radius 2 is 0.569 bits per heavy atom. The normalized spacial score (nSPS) is 10.8.